The zero-order valence-electron chi connectivity index (χ0n) is 9.52. The number of aromatic nitrogens is 1. The third-order valence-electron chi connectivity index (χ3n) is 2.35. The first-order valence-corrected chi connectivity index (χ1v) is 7.05. The number of carbonyl (C=O) groups is 1. The monoisotopic (exact) mass is 433 g/mol. The summed E-state index contributed by atoms with van der Waals surface area (Å²) < 4.78 is 2.00. The Morgan fingerprint density at radius 3 is 2.79 bits per heavy atom. The van der Waals surface area contributed by atoms with E-state index in [2.05, 4.69) is 48.8 Å². The van der Waals surface area contributed by atoms with Gasteiger partial charge in [-0.2, -0.15) is 0 Å². The fourth-order valence-corrected chi connectivity index (χ4v) is 2.19. The first-order chi connectivity index (χ1) is 8.97. The molecule has 0 unspecified atom stereocenters. The summed E-state index contributed by atoms with van der Waals surface area (Å²) in [5.74, 6) is -0.882. The number of nitrogens with one attached hydrogen (secondary N) is 1. The van der Waals surface area contributed by atoms with Crippen LogP contribution in [0.25, 0.3) is 0 Å². The van der Waals surface area contributed by atoms with Gasteiger partial charge in [-0.1, -0.05) is 0 Å². The maximum absolute atomic E-state index is 11.2. The highest BCUT2D eigenvalue weighted by Gasteiger charge is 2.11. The van der Waals surface area contributed by atoms with E-state index in [1.165, 1.54) is 12.3 Å². The van der Waals surface area contributed by atoms with E-state index < -0.39 is 5.97 Å². The van der Waals surface area contributed by atoms with Crippen molar-refractivity contribution in [1.29, 1.82) is 0 Å². The highest BCUT2D eigenvalue weighted by molar-refractivity contribution is 14.1. The summed E-state index contributed by atoms with van der Waals surface area (Å²) in [7, 11) is 0. The van der Waals surface area contributed by atoms with Gasteiger partial charge in [0.1, 0.15) is 5.82 Å². The van der Waals surface area contributed by atoms with E-state index >= 15 is 0 Å². The highest BCUT2D eigenvalue weighted by Crippen LogP contribution is 2.26. The molecule has 0 saturated heterocycles. The van der Waals surface area contributed by atoms with Gasteiger partial charge >= 0.3 is 5.97 Å². The standard InChI is InChI=1S/C12H9BrIN3O2/c13-8-3-6(1-2-9(8)14)17-10-5-16-11(15)4-7(10)12(18)19/h1-5,17H,(H2,15,16)(H,18,19). The summed E-state index contributed by atoms with van der Waals surface area (Å²) in [6, 6.07) is 6.96. The molecule has 0 radical (unpaired) electrons. The number of nitrogen functional groups attached to an aromatic ring is 1. The van der Waals surface area contributed by atoms with Crippen molar-refractivity contribution in [2.24, 2.45) is 0 Å². The number of aromatic carboxylic acids is 1. The van der Waals surface area contributed by atoms with E-state index in [9.17, 15) is 4.79 Å². The van der Waals surface area contributed by atoms with Crippen LogP contribution in [0.4, 0.5) is 17.2 Å². The lowest BCUT2D eigenvalue weighted by atomic mass is 10.2. The first-order valence-electron chi connectivity index (χ1n) is 5.18. The van der Waals surface area contributed by atoms with Crippen LogP contribution < -0.4 is 11.1 Å². The quantitative estimate of drug-likeness (QED) is 0.645. The Labute approximate surface area is 131 Å². The highest BCUT2D eigenvalue weighted by atomic mass is 127. The number of nitrogens with zero attached hydrogens (tertiary/aromatic N) is 1. The predicted molar refractivity (Wildman–Crippen MR) is 85.8 cm³/mol. The summed E-state index contributed by atoms with van der Waals surface area (Å²) in [5.41, 5.74) is 6.74. The van der Waals surface area contributed by atoms with Gasteiger partial charge in [0.15, 0.2) is 0 Å². The molecule has 1 aromatic carbocycles. The van der Waals surface area contributed by atoms with Gasteiger partial charge in [-0.25, -0.2) is 9.78 Å². The van der Waals surface area contributed by atoms with Crippen LogP contribution in [0.2, 0.25) is 0 Å². The molecule has 5 nitrogen and oxygen atoms in total. The Hall–Kier alpha value is -1.35. The van der Waals surface area contributed by atoms with E-state index in [-0.39, 0.29) is 11.4 Å². The number of carboxylic acids is 1. The SMILES string of the molecule is Nc1cc(C(=O)O)c(Nc2ccc(I)c(Br)c2)cn1. The second kappa shape index (κ2) is 5.74. The molecule has 98 valence electrons. The molecule has 19 heavy (non-hydrogen) atoms. The molecule has 7 heteroatoms. The minimum Gasteiger partial charge on any atom is -0.478 e. The van der Waals surface area contributed by atoms with Crippen molar-refractivity contribution in [3.63, 3.8) is 0 Å². The molecule has 0 fully saturated rings. The van der Waals surface area contributed by atoms with E-state index in [4.69, 9.17) is 10.8 Å². The maximum Gasteiger partial charge on any atom is 0.338 e. The molecule has 2 rings (SSSR count). The molecule has 0 amide bonds. The zero-order chi connectivity index (χ0) is 14.0. The van der Waals surface area contributed by atoms with Crippen molar-refractivity contribution in [2.75, 3.05) is 11.1 Å². The van der Waals surface area contributed by atoms with Crippen LogP contribution in [0.3, 0.4) is 0 Å². The summed E-state index contributed by atoms with van der Waals surface area (Å²) >= 11 is 5.62. The fraction of sp³-hybridized carbons (Fsp3) is 0. The van der Waals surface area contributed by atoms with Crippen molar-refractivity contribution in [1.82, 2.24) is 4.98 Å². The number of rotatable bonds is 3. The number of halogens is 2. The van der Waals surface area contributed by atoms with Crippen LogP contribution in [0.5, 0.6) is 0 Å². The van der Waals surface area contributed by atoms with E-state index in [1.807, 2.05) is 18.2 Å². The third kappa shape index (κ3) is 3.35. The molecule has 0 bridgehead atoms. The van der Waals surface area contributed by atoms with Gasteiger partial charge in [-0.3, -0.25) is 0 Å². The Morgan fingerprint density at radius 2 is 2.16 bits per heavy atom. The molecule has 1 aromatic heterocycles. The number of hydrogen-bond donors (Lipinski definition) is 3. The Kier molecular flexibility index (Phi) is 4.25. The maximum atomic E-state index is 11.2. The van der Waals surface area contributed by atoms with Crippen LogP contribution in [-0.4, -0.2) is 16.1 Å². The van der Waals surface area contributed by atoms with Crippen LogP contribution >= 0.6 is 38.5 Å². The summed E-state index contributed by atoms with van der Waals surface area (Å²) in [4.78, 5) is 15.0. The van der Waals surface area contributed by atoms with E-state index in [0.717, 1.165) is 13.7 Å². The predicted octanol–water partition coefficient (Wildman–Crippen LogP) is 3.47. The number of benzene rings is 1. The van der Waals surface area contributed by atoms with Crippen molar-refractivity contribution >= 4 is 61.7 Å². The number of carboxylic acid groups (broad SMARTS) is 1. The first kappa shape index (κ1) is 14.1. The Morgan fingerprint density at radius 1 is 1.42 bits per heavy atom. The van der Waals surface area contributed by atoms with Gasteiger partial charge in [-0.05, 0) is 62.8 Å². The molecule has 2 aromatic rings. The van der Waals surface area contributed by atoms with Gasteiger partial charge in [0.05, 0.1) is 17.4 Å². The molecule has 0 aliphatic rings. The molecule has 0 aliphatic carbocycles. The Bertz CT molecular complexity index is 649. The minimum absolute atomic E-state index is 0.0853. The minimum atomic E-state index is -1.05. The molecule has 0 saturated carbocycles. The van der Waals surface area contributed by atoms with Crippen LogP contribution in [0.15, 0.2) is 34.9 Å². The van der Waals surface area contributed by atoms with Gasteiger partial charge in [-0.15, -0.1) is 0 Å². The molecule has 0 spiro atoms. The molecule has 0 atom stereocenters. The second-order valence-corrected chi connectivity index (χ2v) is 5.73. The molecule has 4 N–H and O–H groups in total. The van der Waals surface area contributed by atoms with Crippen molar-refractivity contribution in [3.05, 3.63) is 44.1 Å². The van der Waals surface area contributed by atoms with Crippen LogP contribution in [0, 0.1) is 3.57 Å². The zero-order valence-corrected chi connectivity index (χ0v) is 13.3. The van der Waals surface area contributed by atoms with Crippen LogP contribution in [0.1, 0.15) is 10.4 Å². The van der Waals surface area contributed by atoms with E-state index in [0.29, 0.717) is 5.69 Å². The normalized spacial score (nSPS) is 10.2. The molecule has 0 aliphatic heterocycles. The Balaban J connectivity index is 2.37. The fourth-order valence-electron chi connectivity index (χ4n) is 1.48. The average Bonchev–Trinajstić information content (AvgIpc) is 2.36. The van der Waals surface area contributed by atoms with Gasteiger partial charge < -0.3 is 16.2 Å². The third-order valence-corrected chi connectivity index (χ3v) is 4.69. The van der Waals surface area contributed by atoms with Gasteiger partial charge in [0.2, 0.25) is 0 Å². The number of pyridine rings is 1. The summed E-state index contributed by atoms with van der Waals surface area (Å²) in [6.45, 7) is 0. The molecule has 1 heterocycles. The second-order valence-electron chi connectivity index (χ2n) is 3.71. The van der Waals surface area contributed by atoms with Crippen molar-refractivity contribution < 1.29 is 9.90 Å². The van der Waals surface area contributed by atoms with Gasteiger partial charge in [0.25, 0.3) is 0 Å². The van der Waals surface area contributed by atoms with E-state index in [1.54, 1.807) is 0 Å². The smallest absolute Gasteiger partial charge is 0.338 e. The van der Waals surface area contributed by atoms with Crippen LogP contribution in [-0.2, 0) is 0 Å². The van der Waals surface area contributed by atoms with Crippen molar-refractivity contribution in [3.8, 4) is 0 Å². The lowest BCUT2D eigenvalue weighted by molar-refractivity contribution is 0.0698. The average molecular weight is 434 g/mol. The molecular weight excluding hydrogens is 425 g/mol. The largest absolute Gasteiger partial charge is 0.478 e. The lowest BCUT2D eigenvalue weighted by Crippen LogP contribution is -2.05. The van der Waals surface area contributed by atoms with Gasteiger partial charge in [0, 0.05) is 13.7 Å². The summed E-state index contributed by atoms with van der Waals surface area (Å²) in [5, 5.41) is 12.1. The topological polar surface area (TPSA) is 88.2 Å². The number of hydrogen-bond acceptors (Lipinski definition) is 4. The van der Waals surface area contributed by atoms with Crippen molar-refractivity contribution in [2.45, 2.75) is 0 Å². The number of anilines is 3. The number of nitrogens with two attached hydrogens (primary N) is 1. The molecular formula is C12H9BrIN3O2. The summed E-state index contributed by atoms with van der Waals surface area (Å²) in [6.07, 6.45) is 1.41. The lowest BCUT2D eigenvalue weighted by Gasteiger charge is -2.10.